The minimum absolute atomic E-state index is 0.209. The van der Waals surface area contributed by atoms with Gasteiger partial charge >= 0.3 is 5.69 Å². The number of H-pyrrole nitrogens is 1. The van der Waals surface area contributed by atoms with Gasteiger partial charge in [0, 0.05) is 6.54 Å². The number of nitrogens with zero attached hydrogens (tertiary/aromatic N) is 3. The Hall–Kier alpha value is -2.79. The number of anilines is 1. The lowest BCUT2D eigenvalue weighted by molar-refractivity contribution is -0.0511. The lowest BCUT2D eigenvalue weighted by atomic mass is 10.1. The van der Waals surface area contributed by atoms with E-state index in [4.69, 9.17) is 4.74 Å². The molecule has 0 bridgehead atoms. The van der Waals surface area contributed by atoms with Crippen molar-refractivity contribution in [3.05, 3.63) is 52.7 Å². The van der Waals surface area contributed by atoms with Gasteiger partial charge in [0.25, 0.3) is 0 Å². The fraction of sp³-hybridized carbons (Fsp3) is 0.389. The number of ether oxygens (including phenoxy) is 1. The van der Waals surface area contributed by atoms with Crippen molar-refractivity contribution in [2.75, 3.05) is 18.5 Å². The van der Waals surface area contributed by atoms with Crippen LogP contribution >= 0.6 is 0 Å². The van der Waals surface area contributed by atoms with Crippen molar-refractivity contribution in [1.29, 1.82) is 0 Å². The molecule has 0 unspecified atom stereocenters. The Labute approximate surface area is 159 Å². The van der Waals surface area contributed by atoms with Crippen LogP contribution < -0.4 is 11.0 Å². The van der Waals surface area contributed by atoms with Crippen LogP contribution in [0.4, 0.5) is 5.82 Å². The summed E-state index contributed by atoms with van der Waals surface area (Å²) in [5, 5.41) is 32.6. The minimum atomic E-state index is -1.29. The van der Waals surface area contributed by atoms with Gasteiger partial charge in [-0.2, -0.15) is 4.98 Å². The molecule has 3 aromatic rings. The first kappa shape index (κ1) is 18.6. The Balaban J connectivity index is 1.59. The third kappa shape index (κ3) is 3.38. The molecule has 1 fully saturated rings. The van der Waals surface area contributed by atoms with Crippen LogP contribution in [0, 0.1) is 0 Å². The topological polar surface area (TPSA) is 146 Å². The smallest absolute Gasteiger partial charge is 0.348 e. The van der Waals surface area contributed by atoms with Crippen LogP contribution in [-0.2, 0) is 11.2 Å². The molecule has 0 saturated carbocycles. The Morgan fingerprint density at radius 1 is 1.21 bits per heavy atom. The first-order chi connectivity index (χ1) is 13.6. The summed E-state index contributed by atoms with van der Waals surface area (Å²) in [7, 11) is 0. The van der Waals surface area contributed by atoms with Crippen LogP contribution in [0.1, 0.15) is 11.8 Å². The number of hydrogen-bond donors (Lipinski definition) is 5. The molecule has 1 saturated heterocycles. The van der Waals surface area contributed by atoms with Gasteiger partial charge in [-0.3, -0.25) is 9.55 Å². The number of aromatic amines is 1. The van der Waals surface area contributed by atoms with E-state index in [1.807, 2.05) is 30.3 Å². The number of hydrogen-bond acceptors (Lipinski definition) is 8. The van der Waals surface area contributed by atoms with Gasteiger partial charge < -0.3 is 25.4 Å². The lowest BCUT2D eigenvalue weighted by Crippen LogP contribution is -2.33. The highest BCUT2D eigenvalue weighted by atomic mass is 16.6. The molecule has 0 radical (unpaired) electrons. The molecule has 5 N–H and O–H groups in total. The molecule has 4 rings (SSSR count). The average Bonchev–Trinajstić information content (AvgIpc) is 3.24. The molecule has 0 aliphatic carbocycles. The average molecular weight is 387 g/mol. The summed E-state index contributed by atoms with van der Waals surface area (Å²) in [6.07, 6.45) is -2.34. The summed E-state index contributed by atoms with van der Waals surface area (Å²) in [5.41, 5.74) is 1.19. The van der Waals surface area contributed by atoms with E-state index in [0.717, 1.165) is 12.0 Å². The van der Waals surface area contributed by atoms with E-state index >= 15 is 0 Å². The number of rotatable bonds is 6. The summed E-state index contributed by atoms with van der Waals surface area (Å²) in [6, 6.07) is 9.91. The predicted molar refractivity (Wildman–Crippen MR) is 99.8 cm³/mol. The monoisotopic (exact) mass is 387 g/mol. The SMILES string of the molecule is O=c1nc2c(ncn2[C@H]2O[C@@H](CO)[C@@H](O)[C@H]2O)c(NCCc2ccccc2)[nH]1. The zero-order valence-corrected chi connectivity index (χ0v) is 14.9. The van der Waals surface area contributed by atoms with Gasteiger partial charge in [0.2, 0.25) is 0 Å². The zero-order valence-electron chi connectivity index (χ0n) is 14.9. The Morgan fingerprint density at radius 3 is 2.71 bits per heavy atom. The number of aromatic nitrogens is 4. The number of imidazole rings is 1. The number of aliphatic hydroxyl groups is 3. The number of benzene rings is 1. The van der Waals surface area contributed by atoms with E-state index in [1.54, 1.807) is 0 Å². The minimum Gasteiger partial charge on any atom is -0.394 e. The van der Waals surface area contributed by atoms with Crippen molar-refractivity contribution in [2.24, 2.45) is 0 Å². The second-order valence-electron chi connectivity index (χ2n) is 6.63. The molecule has 28 heavy (non-hydrogen) atoms. The standard InChI is InChI=1S/C18H21N5O5/c24-8-11-13(25)14(26)17(28-11)23-9-20-12-15(21-18(27)22-16(12)23)19-7-6-10-4-2-1-3-5-10/h1-5,9,11,13-14,17,24-26H,6-8H2,(H2,19,21,22,27)/t11-,13+,14+,17-/m0/s1. The predicted octanol–water partition coefficient (Wildman–Crippen LogP) is -0.614. The van der Waals surface area contributed by atoms with Gasteiger partial charge in [-0.25, -0.2) is 9.78 Å². The summed E-state index contributed by atoms with van der Waals surface area (Å²) in [6.45, 7) is 0.126. The summed E-state index contributed by atoms with van der Waals surface area (Å²) in [5.74, 6) is 0.413. The Kier molecular flexibility index (Phi) is 5.09. The van der Waals surface area contributed by atoms with E-state index in [9.17, 15) is 20.1 Å². The van der Waals surface area contributed by atoms with E-state index in [0.29, 0.717) is 17.9 Å². The largest absolute Gasteiger partial charge is 0.394 e. The van der Waals surface area contributed by atoms with Crippen LogP contribution in [0.3, 0.4) is 0 Å². The molecule has 1 aromatic carbocycles. The molecule has 2 aromatic heterocycles. The van der Waals surface area contributed by atoms with Crippen molar-refractivity contribution >= 4 is 17.0 Å². The van der Waals surface area contributed by atoms with Crippen molar-refractivity contribution in [3.63, 3.8) is 0 Å². The van der Waals surface area contributed by atoms with Crippen LogP contribution in [0.25, 0.3) is 11.2 Å². The lowest BCUT2D eigenvalue weighted by Gasteiger charge is -2.16. The molecule has 4 atom stereocenters. The maximum atomic E-state index is 12.0. The van der Waals surface area contributed by atoms with Gasteiger partial charge in [0.1, 0.15) is 29.6 Å². The van der Waals surface area contributed by atoms with Crippen LogP contribution in [-0.4, -0.2) is 66.3 Å². The van der Waals surface area contributed by atoms with Gasteiger partial charge in [-0.1, -0.05) is 30.3 Å². The fourth-order valence-electron chi connectivity index (χ4n) is 3.33. The summed E-state index contributed by atoms with van der Waals surface area (Å²) >= 11 is 0. The van der Waals surface area contributed by atoms with Gasteiger partial charge in [-0.15, -0.1) is 0 Å². The molecule has 10 nitrogen and oxygen atoms in total. The summed E-state index contributed by atoms with van der Waals surface area (Å²) in [4.78, 5) is 22.9. The van der Waals surface area contributed by atoms with Crippen molar-refractivity contribution < 1.29 is 20.1 Å². The molecule has 0 amide bonds. The third-order valence-corrected chi connectivity index (χ3v) is 4.79. The van der Waals surface area contributed by atoms with E-state index in [-0.39, 0.29) is 5.65 Å². The van der Waals surface area contributed by atoms with Gasteiger partial charge in [-0.05, 0) is 12.0 Å². The molecule has 3 heterocycles. The van der Waals surface area contributed by atoms with E-state index in [1.165, 1.54) is 10.9 Å². The van der Waals surface area contributed by atoms with Crippen LogP contribution in [0.15, 0.2) is 41.5 Å². The number of aliphatic hydroxyl groups excluding tert-OH is 3. The molecule has 0 spiro atoms. The highest BCUT2D eigenvalue weighted by molar-refractivity contribution is 5.82. The second kappa shape index (κ2) is 7.68. The van der Waals surface area contributed by atoms with Gasteiger partial charge in [0.15, 0.2) is 11.9 Å². The normalized spacial score (nSPS) is 24.7. The molecule has 10 heteroatoms. The molecule has 1 aliphatic heterocycles. The van der Waals surface area contributed by atoms with Crippen LogP contribution in [0.5, 0.6) is 0 Å². The molecule has 148 valence electrons. The van der Waals surface area contributed by atoms with Crippen molar-refractivity contribution in [3.8, 4) is 0 Å². The van der Waals surface area contributed by atoms with E-state index < -0.39 is 36.8 Å². The maximum absolute atomic E-state index is 12.0. The molecular formula is C18H21N5O5. The first-order valence-electron chi connectivity index (χ1n) is 8.95. The highest BCUT2D eigenvalue weighted by Crippen LogP contribution is 2.31. The first-order valence-corrected chi connectivity index (χ1v) is 8.95. The molecular weight excluding hydrogens is 366 g/mol. The highest BCUT2D eigenvalue weighted by Gasteiger charge is 2.44. The van der Waals surface area contributed by atoms with Crippen molar-refractivity contribution in [1.82, 2.24) is 19.5 Å². The zero-order chi connectivity index (χ0) is 19.7. The second-order valence-corrected chi connectivity index (χ2v) is 6.63. The number of nitrogens with one attached hydrogen (secondary N) is 2. The Bertz CT molecular complexity index is 1000. The van der Waals surface area contributed by atoms with Crippen LogP contribution in [0.2, 0.25) is 0 Å². The fourth-order valence-corrected chi connectivity index (χ4v) is 3.33. The van der Waals surface area contributed by atoms with Gasteiger partial charge in [0.05, 0.1) is 12.9 Å². The molecule has 1 aliphatic rings. The van der Waals surface area contributed by atoms with E-state index in [2.05, 4.69) is 20.3 Å². The number of fused-ring (bicyclic) bond motifs is 1. The third-order valence-electron chi connectivity index (χ3n) is 4.79. The van der Waals surface area contributed by atoms with Crippen molar-refractivity contribution in [2.45, 2.75) is 31.0 Å². The summed E-state index contributed by atoms with van der Waals surface area (Å²) < 4.78 is 6.89. The Morgan fingerprint density at radius 2 is 2.00 bits per heavy atom. The maximum Gasteiger partial charge on any atom is 0.348 e. The quantitative estimate of drug-likeness (QED) is 0.376.